The molecular weight excluding hydrogens is 364 g/mol. The van der Waals surface area contributed by atoms with Gasteiger partial charge in [0.1, 0.15) is 5.75 Å². The Balaban J connectivity index is 2.06. The van der Waals surface area contributed by atoms with Crippen LogP contribution in [0.2, 0.25) is 0 Å². The molecule has 146 valence electrons. The summed E-state index contributed by atoms with van der Waals surface area (Å²) in [7, 11) is -2.13. The van der Waals surface area contributed by atoms with Crippen LogP contribution in [0.5, 0.6) is 5.75 Å². The Morgan fingerprint density at radius 3 is 2.59 bits per heavy atom. The molecule has 0 saturated heterocycles. The molecule has 0 radical (unpaired) electrons. The van der Waals surface area contributed by atoms with Gasteiger partial charge in [-0.25, -0.2) is 13.1 Å². The molecule has 0 aliphatic carbocycles. The molecule has 1 atom stereocenters. The number of nitrogens with one attached hydrogen (secondary N) is 2. The van der Waals surface area contributed by atoms with Crippen molar-refractivity contribution in [3.8, 4) is 5.75 Å². The first-order valence-corrected chi connectivity index (χ1v) is 10.4. The molecule has 0 aromatic heterocycles. The highest BCUT2D eigenvalue weighted by Gasteiger charge is 2.17. The summed E-state index contributed by atoms with van der Waals surface area (Å²) < 4.78 is 33.0. The van der Waals surface area contributed by atoms with Crippen LogP contribution in [-0.4, -0.2) is 34.0 Å². The lowest BCUT2D eigenvalue weighted by Gasteiger charge is -2.13. The van der Waals surface area contributed by atoms with Crippen LogP contribution in [-0.2, 0) is 16.4 Å². The summed E-state index contributed by atoms with van der Waals surface area (Å²) in [4.78, 5) is 12.3. The number of hydrogen-bond donors (Lipinski definition) is 2. The smallest absolute Gasteiger partial charge is 0.251 e. The average Bonchev–Trinajstić information content (AvgIpc) is 2.68. The van der Waals surface area contributed by atoms with Crippen molar-refractivity contribution in [2.45, 2.75) is 37.6 Å². The van der Waals surface area contributed by atoms with Gasteiger partial charge in [0.15, 0.2) is 0 Å². The van der Waals surface area contributed by atoms with Gasteiger partial charge in [0, 0.05) is 18.2 Å². The van der Waals surface area contributed by atoms with E-state index in [-0.39, 0.29) is 23.4 Å². The summed E-state index contributed by atoms with van der Waals surface area (Å²) in [5, 5.41) is 2.83. The third kappa shape index (κ3) is 5.80. The van der Waals surface area contributed by atoms with E-state index in [4.69, 9.17) is 4.74 Å². The molecule has 0 spiro atoms. The zero-order chi connectivity index (χ0) is 19.9. The van der Waals surface area contributed by atoms with Gasteiger partial charge in [-0.15, -0.1) is 0 Å². The Labute approximate surface area is 161 Å². The third-order valence-electron chi connectivity index (χ3n) is 4.28. The number of ether oxygens (including phenoxy) is 1. The van der Waals surface area contributed by atoms with Crippen molar-refractivity contribution in [2.75, 3.05) is 13.7 Å². The minimum absolute atomic E-state index is 0.0248. The zero-order valence-corrected chi connectivity index (χ0v) is 16.7. The summed E-state index contributed by atoms with van der Waals surface area (Å²) in [6.07, 6.45) is 1.30. The number of sulfonamides is 1. The van der Waals surface area contributed by atoms with Crippen molar-refractivity contribution in [3.05, 3.63) is 59.7 Å². The van der Waals surface area contributed by atoms with Crippen molar-refractivity contribution in [1.29, 1.82) is 0 Å². The van der Waals surface area contributed by atoms with Crippen molar-refractivity contribution in [1.82, 2.24) is 10.0 Å². The van der Waals surface area contributed by atoms with E-state index in [2.05, 4.69) is 10.0 Å². The summed E-state index contributed by atoms with van der Waals surface area (Å²) in [5.41, 5.74) is 1.24. The molecule has 0 fully saturated rings. The SMILES string of the molecule is CCC(C)NC(=O)c1cccc(S(=O)(=O)NCCc2ccccc2OC)c1. The van der Waals surface area contributed by atoms with E-state index in [9.17, 15) is 13.2 Å². The van der Waals surface area contributed by atoms with E-state index in [1.54, 1.807) is 19.2 Å². The Bertz CT molecular complexity index is 881. The number of carbonyl (C=O) groups is 1. The molecule has 27 heavy (non-hydrogen) atoms. The molecule has 0 bridgehead atoms. The van der Waals surface area contributed by atoms with Crippen molar-refractivity contribution < 1.29 is 17.9 Å². The van der Waals surface area contributed by atoms with Crippen LogP contribution in [0.15, 0.2) is 53.4 Å². The minimum atomic E-state index is -3.71. The third-order valence-corrected chi connectivity index (χ3v) is 5.73. The zero-order valence-electron chi connectivity index (χ0n) is 15.9. The largest absolute Gasteiger partial charge is 0.496 e. The fourth-order valence-corrected chi connectivity index (χ4v) is 3.60. The maximum Gasteiger partial charge on any atom is 0.251 e. The Morgan fingerprint density at radius 1 is 1.15 bits per heavy atom. The number of methoxy groups -OCH3 is 1. The highest BCUT2D eigenvalue weighted by atomic mass is 32.2. The lowest BCUT2D eigenvalue weighted by molar-refractivity contribution is 0.0939. The van der Waals surface area contributed by atoms with Crippen LogP contribution in [0.25, 0.3) is 0 Å². The summed E-state index contributed by atoms with van der Waals surface area (Å²) in [5.74, 6) is 0.441. The normalized spacial score (nSPS) is 12.4. The van der Waals surface area contributed by atoms with Crippen LogP contribution < -0.4 is 14.8 Å². The van der Waals surface area contributed by atoms with Gasteiger partial charge >= 0.3 is 0 Å². The number of amides is 1. The maximum atomic E-state index is 12.6. The first kappa shape index (κ1) is 20.9. The Morgan fingerprint density at radius 2 is 1.89 bits per heavy atom. The predicted molar refractivity (Wildman–Crippen MR) is 106 cm³/mol. The standard InChI is InChI=1S/C20H26N2O4S/c1-4-15(2)22-20(23)17-9-7-10-18(14-17)27(24,25)21-13-12-16-8-5-6-11-19(16)26-3/h5-11,14-15,21H,4,12-13H2,1-3H3,(H,22,23). The van der Waals surface area contributed by atoms with Crippen LogP contribution in [0.3, 0.4) is 0 Å². The van der Waals surface area contributed by atoms with Gasteiger partial charge < -0.3 is 10.1 Å². The monoisotopic (exact) mass is 390 g/mol. The highest BCUT2D eigenvalue weighted by molar-refractivity contribution is 7.89. The Kier molecular flexibility index (Phi) is 7.38. The second kappa shape index (κ2) is 9.53. The molecule has 2 aromatic carbocycles. The van der Waals surface area contributed by atoms with Crippen LogP contribution in [0.1, 0.15) is 36.2 Å². The van der Waals surface area contributed by atoms with E-state index >= 15 is 0 Å². The van der Waals surface area contributed by atoms with Crippen molar-refractivity contribution in [2.24, 2.45) is 0 Å². The summed E-state index contributed by atoms with van der Waals surface area (Å²) in [6, 6.07) is 13.5. The molecule has 2 N–H and O–H groups in total. The molecule has 7 heteroatoms. The van der Waals surface area contributed by atoms with Crippen LogP contribution >= 0.6 is 0 Å². The quantitative estimate of drug-likeness (QED) is 0.689. The first-order valence-electron chi connectivity index (χ1n) is 8.90. The summed E-state index contributed by atoms with van der Waals surface area (Å²) >= 11 is 0. The van der Waals surface area contributed by atoms with Gasteiger partial charge in [-0.05, 0) is 49.6 Å². The summed E-state index contributed by atoms with van der Waals surface area (Å²) in [6.45, 7) is 4.10. The molecule has 6 nitrogen and oxygen atoms in total. The number of hydrogen-bond acceptors (Lipinski definition) is 4. The molecular formula is C20H26N2O4S. The molecule has 1 unspecified atom stereocenters. The molecule has 0 aliphatic rings. The lowest BCUT2D eigenvalue weighted by atomic mass is 10.1. The maximum absolute atomic E-state index is 12.6. The van der Waals surface area contributed by atoms with Gasteiger partial charge in [-0.2, -0.15) is 0 Å². The van der Waals surface area contributed by atoms with E-state index in [1.165, 1.54) is 12.1 Å². The predicted octanol–water partition coefficient (Wildman–Crippen LogP) is 2.74. The minimum Gasteiger partial charge on any atom is -0.496 e. The van der Waals surface area contributed by atoms with Gasteiger partial charge in [-0.3, -0.25) is 4.79 Å². The van der Waals surface area contributed by atoms with E-state index in [1.807, 2.05) is 38.1 Å². The van der Waals surface area contributed by atoms with Crippen LogP contribution in [0, 0.1) is 0 Å². The van der Waals surface area contributed by atoms with Gasteiger partial charge in [0.25, 0.3) is 5.91 Å². The second-order valence-corrected chi connectivity index (χ2v) is 8.04. The molecule has 0 aliphatic heterocycles. The molecule has 0 saturated carbocycles. The second-order valence-electron chi connectivity index (χ2n) is 6.27. The van der Waals surface area contributed by atoms with E-state index in [0.29, 0.717) is 12.0 Å². The molecule has 2 aromatic rings. The van der Waals surface area contributed by atoms with E-state index in [0.717, 1.165) is 17.7 Å². The average molecular weight is 391 g/mol. The number of carbonyl (C=O) groups excluding carboxylic acids is 1. The lowest BCUT2D eigenvalue weighted by Crippen LogP contribution is -2.32. The fraction of sp³-hybridized carbons (Fsp3) is 0.350. The van der Waals surface area contributed by atoms with Gasteiger partial charge in [-0.1, -0.05) is 31.2 Å². The van der Waals surface area contributed by atoms with E-state index < -0.39 is 10.0 Å². The number of rotatable bonds is 9. The van der Waals surface area contributed by atoms with Crippen molar-refractivity contribution >= 4 is 15.9 Å². The van der Waals surface area contributed by atoms with Crippen LogP contribution in [0.4, 0.5) is 0 Å². The highest BCUT2D eigenvalue weighted by Crippen LogP contribution is 2.18. The van der Waals surface area contributed by atoms with Gasteiger partial charge in [0.2, 0.25) is 10.0 Å². The topological polar surface area (TPSA) is 84.5 Å². The Hall–Kier alpha value is -2.38. The number of benzene rings is 2. The van der Waals surface area contributed by atoms with Crippen molar-refractivity contribution in [3.63, 3.8) is 0 Å². The molecule has 2 rings (SSSR count). The van der Waals surface area contributed by atoms with Gasteiger partial charge in [0.05, 0.1) is 12.0 Å². The molecule has 0 heterocycles. The first-order chi connectivity index (χ1) is 12.9. The molecule has 1 amide bonds. The number of para-hydroxylation sites is 1. The fourth-order valence-electron chi connectivity index (χ4n) is 2.53.